The zero-order valence-electron chi connectivity index (χ0n) is 17.4. The molecule has 3 fully saturated rings. The molecule has 3 saturated heterocycles. The van der Waals surface area contributed by atoms with Crippen molar-refractivity contribution >= 4 is 16.8 Å². The second kappa shape index (κ2) is 7.74. The molecule has 5 rings (SSSR count). The van der Waals surface area contributed by atoms with Crippen LogP contribution in [0.2, 0.25) is 0 Å². The van der Waals surface area contributed by atoms with Crippen LogP contribution < -0.4 is 5.32 Å². The minimum Gasteiger partial charge on any atom is -0.379 e. The van der Waals surface area contributed by atoms with Gasteiger partial charge in [-0.15, -0.1) is 0 Å². The van der Waals surface area contributed by atoms with Crippen LogP contribution in [0.1, 0.15) is 31.7 Å². The van der Waals surface area contributed by atoms with Crippen LogP contribution in [0, 0.1) is 0 Å². The summed E-state index contributed by atoms with van der Waals surface area (Å²) in [5.74, 6) is 0.164. The van der Waals surface area contributed by atoms with Gasteiger partial charge in [0.1, 0.15) is 0 Å². The van der Waals surface area contributed by atoms with Crippen LogP contribution in [-0.2, 0) is 22.6 Å². The van der Waals surface area contributed by atoms with Crippen molar-refractivity contribution in [2.45, 2.75) is 50.9 Å². The summed E-state index contributed by atoms with van der Waals surface area (Å²) in [4.78, 5) is 17.2. The molecule has 4 heterocycles. The van der Waals surface area contributed by atoms with Crippen LogP contribution in [0.15, 0.2) is 30.5 Å². The van der Waals surface area contributed by atoms with Crippen LogP contribution >= 0.6 is 0 Å². The molecule has 1 N–H and O–H groups in total. The number of aromatic nitrogens is 1. The Bertz CT molecular complexity index is 878. The molecule has 1 aromatic heterocycles. The second-order valence-corrected chi connectivity index (χ2v) is 8.90. The quantitative estimate of drug-likeness (QED) is 0.861. The molecule has 1 spiro atoms. The molecule has 6 heteroatoms. The van der Waals surface area contributed by atoms with E-state index in [4.69, 9.17) is 4.74 Å². The maximum Gasteiger partial charge on any atom is 0.234 e. The van der Waals surface area contributed by atoms with Gasteiger partial charge in [0.25, 0.3) is 0 Å². The predicted octanol–water partition coefficient (Wildman–Crippen LogP) is 2.22. The summed E-state index contributed by atoms with van der Waals surface area (Å²) in [6, 6.07) is 9.22. The number of nitrogens with one attached hydrogen (secondary N) is 1. The first-order valence-corrected chi connectivity index (χ1v) is 11.1. The lowest BCUT2D eigenvalue weighted by atomic mass is 9.89. The van der Waals surface area contributed by atoms with Gasteiger partial charge in [0.05, 0.1) is 18.7 Å². The third-order valence-electron chi connectivity index (χ3n) is 7.22. The number of benzene rings is 1. The number of para-hydroxylation sites is 1. The van der Waals surface area contributed by atoms with Crippen LogP contribution in [0.3, 0.4) is 0 Å². The van der Waals surface area contributed by atoms with E-state index >= 15 is 0 Å². The van der Waals surface area contributed by atoms with E-state index in [1.54, 1.807) is 0 Å². The number of amides is 1. The highest BCUT2D eigenvalue weighted by Crippen LogP contribution is 2.33. The van der Waals surface area contributed by atoms with E-state index in [0.717, 1.165) is 65.2 Å². The molecule has 1 unspecified atom stereocenters. The van der Waals surface area contributed by atoms with E-state index in [0.29, 0.717) is 12.6 Å². The summed E-state index contributed by atoms with van der Waals surface area (Å²) in [5, 5.41) is 4.46. The molecule has 6 nitrogen and oxygen atoms in total. The first-order chi connectivity index (χ1) is 14.2. The Balaban J connectivity index is 1.27. The topological polar surface area (TPSA) is 49.7 Å². The molecular formula is C23H32N4O2. The Kier molecular flexibility index (Phi) is 5.10. The number of rotatable bonds is 4. The van der Waals surface area contributed by atoms with Crippen molar-refractivity contribution in [1.82, 2.24) is 19.7 Å². The van der Waals surface area contributed by atoms with Crippen molar-refractivity contribution in [3.63, 3.8) is 0 Å². The maximum absolute atomic E-state index is 12.1. The van der Waals surface area contributed by atoms with Crippen molar-refractivity contribution in [3.8, 4) is 0 Å². The SMILES string of the molecule is CCn1cc(CN2CCC(N3CC(=O)NCC34CCOC4)CC2)c2ccccc21. The van der Waals surface area contributed by atoms with Gasteiger partial charge in [-0.1, -0.05) is 18.2 Å². The fourth-order valence-corrected chi connectivity index (χ4v) is 5.56. The molecule has 0 saturated carbocycles. The van der Waals surface area contributed by atoms with E-state index in [1.165, 1.54) is 16.5 Å². The molecular weight excluding hydrogens is 364 g/mol. The average Bonchev–Trinajstić information content (AvgIpc) is 3.36. The number of piperidine rings is 1. The van der Waals surface area contributed by atoms with Gasteiger partial charge in [-0.3, -0.25) is 14.6 Å². The predicted molar refractivity (Wildman–Crippen MR) is 114 cm³/mol. The summed E-state index contributed by atoms with van der Waals surface area (Å²) in [6.07, 6.45) is 5.61. The highest BCUT2D eigenvalue weighted by Gasteiger charge is 2.47. The van der Waals surface area contributed by atoms with Gasteiger partial charge < -0.3 is 14.6 Å². The molecule has 1 aromatic carbocycles. The molecule has 3 aliphatic heterocycles. The Morgan fingerprint density at radius 3 is 2.83 bits per heavy atom. The van der Waals surface area contributed by atoms with Crippen molar-refractivity contribution in [1.29, 1.82) is 0 Å². The summed E-state index contributed by atoms with van der Waals surface area (Å²) >= 11 is 0. The van der Waals surface area contributed by atoms with Crippen LogP contribution in [0.4, 0.5) is 0 Å². The molecule has 29 heavy (non-hydrogen) atoms. The first-order valence-electron chi connectivity index (χ1n) is 11.1. The van der Waals surface area contributed by atoms with E-state index < -0.39 is 0 Å². The van der Waals surface area contributed by atoms with Crippen LogP contribution in [0.25, 0.3) is 10.9 Å². The summed E-state index contributed by atoms with van der Waals surface area (Å²) < 4.78 is 8.10. The lowest BCUT2D eigenvalue weighted by Gasteiger charge is -2.49. The number of hydrogen-bond donors (Lipinski definition) is 1. The number of ether oxygens (including phenoxy) is 1. The van der Waals surface area contributed by atoms with Crippen molar-refractivity contribution in [2.75, 3.05) is 39.4 Å². The second-order valence-electron chi connectivity index (χ2n) is 8.90. The Morgan fingerprint density at radius 2 is 2.07 bits per heavy atom. The van der Waals surface area contributed by atoms with Crippen LogP contribution in [0.5, 0.6) is 0 Å². The number of nitrogens with zero attached hydrogens (tertiary/aromatic N) is 3. The number of hydrogen-bond acceptors (Lipinski definition) is 4. The van der Waals surface area contributed by atoms with Gasteiger partial charge in [-0.05, 0) is 50.9 Å². The highest BCUT2D eigenvalue weighted by molar-refractivity contribution is 5.84. The number of piperazine rings is 1. The zero-order chi connectivity index (χ0) is 19.8. The normalized spacial score (nSPS) is 27.1. The fourth-order valence-electron chi connectivity index (χ4n) is 5.56. The van der Waals surface area contributed by atoms with Crippen LogP contribution in [-0.4, -0.2) is 71.2 Å². The third kappa shape index (κ3) is 3.47. The lowest BCUT2D eigenvalue weighted by molar-refractivity contribution is -0.131. The van der Waals surface area contributed by atoms with Gasteiger partial charge in [0.15, 0.2) is 0 Å². The maximum atomic E-state index is 12.1. The lowest BCUT2D eigenvalue weighted by Crippen LogP contribution is -2.67. The van der Waals surface area contributed by atoms with Gasteiger partial charge in [0, 0.05) is 49.4 Å². The van der Waals surface area contributed by atoms with Gasteiger partial charge in [-0.2, -0.15) is 0 Å². The molecule has 0 bridgehead atoms. The molecule has 0 radical (unpaired) electrons. The molecule has 2 aromatic rings. The Hall–Kier alpha value is -1.89. The standard InChI is InChI=1S/C23H32N4O2/c1-2-26-14-18(20-5-3-4-6-21(20)26)13-25-10-7-19(8-11-25)27-15-22(28)24-16-23(27)9-12-29-17-23/h3-6,14,19H,2,7-13,15-17H2,1H3,(H,24,28). The monoisotopic (exact) mass is 396 g/mol. The van der Waals surface area contributed by atoms with Crippen molar-refractivity contribution < 1.29 is 9.53 Å². The zero-order valence-corrected chi connectivity index (χ0v) is 17.4. The molecule has 1 amide bonds. The third-order valence-corrected chi connectivity index (χ3v) is 7.22. The smallest absolute Gasteiger partial charge is 0.234 e. The number of fused-ring (bicyclic) bond motifs is 1. The van der Waals surface area contributed by atoms with E-state index in [9.17, 15) is 4.79 Å². The van der Waals surface area contributed by atoms with Crippen molar-refractivity contribution in [3.05, 3.63) is 36.0 Å². The van der Waals surface area contributed by atoms with E-state index in [1.807, 2.05) is 0 Å². The van der Waals surface area contributed by atoms with Gasteiger partial charge in [-0.25, -0.2) is 0 Å². The molecule has 0 aliphatic carbocycles. The minimum atomic E-state index is 0.0231. The van der Waals surface area contributed by atoms with Crippen molar-refractivity contribution in [2.24, 2.45) is 0 Å². The first kappa shape index (κ1) is 19.1. The fraction of sp³-hybridized carbons (Fsp3) is 0.609. The Morgan fingerprint density at radius 1 is 1.24 bits per heavy atom. The minimum absolute atomic E-state index is 0.0231. The molecule has 3 aliphatic rings. The summed E-state index contributed by atoms with van der Waals surface area (Å²) in [5.41, 5.74) is 2.79. The summed E-state index contributed by atoms with van der Waals surface area (Å²) in [7, 11) is 0. The average molecular weight is 397 g/mol. The number of carbonyl (C=O) groups is 1. The molecule has 1 atom stereocenters. The molecule has 156 valence electrons. The van der Waals surface area contributed by atoms with E-state index in [-0.39, 0.29) is 11.4 Å². The Labute approximate surface area is 172 Å². The highest BCUT2D eigenvalue weighted by atomic mass is 16.5. The van der Waals surface area contributed by atoms with Gasteiger partial charge >= 0.3 is 0 Å². The summed E-state index contributed by atoms with van der Waals surface area (Å²) in [6.45, 7) is 9.23. The van der Waals surface area contributed by atoms with Gasteiger partial charge in [0.2, 0.25) is 5.91 Å². The van der Waals surface area contributed by atoms with E-state index in [2.05, 4.69) is 57.1 Å². The number of aryl methyl sites for hydroxylation is 1. The number of likely N-dealkylation sites (tertiary alicyclic amines) is 1. The number of carbonyl (C=O) groups excluding carboxylic acids is 1. The largest absolute Gasteiger partial charge is 0.379 e.